The summed E-state index contributed by atoms with van der Waals surface area (Å²) in [7, 11) is 0. The van der Waals surface area contributed by atoms with E-state index in [4.69, 9.17) is 5.73 Å². The van der Waals surface area contributed by atoms with Crippen molar-refractivity contribution in [3.63, 3.8) is 0 Å². The minimum absolute atomic E-state index is 0.138. The van der Waals surface area contributed by atoms with Gasteiger partial charge in [-0.1, -0.05) is 30.3 Å². The van der Waals surface area contributed by atoms with Gasteiger partial charge in [0.2, 0.25) is 0 Å². The van der Waals surface area contributed by atoms with Gasteiger partial charge in [-0.3, -0.25) is 0 Å². The topological polar surface area (TPSA) is 26.0 Å². The van der Waals surface area contributed by atoms with Crippen molar-refractivity contribution in [3.05, 3.63) is 68.8 Å². The predicted molar refractivity (Wildman–Crippen MR) is 81.2 cm³/mol. The van der Waals surface area contributed by atoms with Gasteiger partial charge in [-0.2, -0.15) is 13.2 Å². The molecule has 2 rings (SSSR count). The lowest BCUT2D eigenvalue weighted by molar-refractivity contribution is -0.138. The quantitative estimate of drug-likeness (QED) is 0.764. The lowest BCUT2D eigenvalue weighted by Crippen LogP contribution is -2.19. The minimum atomic E-state index is -4.37. The van der Waals surface area contributed by atoms with E-state index >= 15 is 0 Å². The average molecular weight is 391 g/mol. The lowest BCUT2D eigenvalue weighted by Gasteiger charge is -2.18. The van der Waals surface area contributed by atoms with Crippen LogP contribution in [0.15, 0.2) is 48.5 Å². The van der Waals surface area contributed by atoms with Crippen molar-refractivity contribution in [2.24, 2.45) is 5.73 Å². The van der Waals surface area contributed by atoms with Crippen LogP contribution in [0.5, 0.6) is 0 Å². The van der Waals surface area contributed by atoms with E-state index in [1.807, 2.05) is 24.3 Å². The summed E-state index contributed by atoms with van der Waals surface area (Å²) in [5.41, 5.74) is 6.37. The smallest absolute Gasteiger partial charge is 0.324 e. The molecular formula is C15H13F3IN. The van der Waals surface area contributed by atoms with Gasteiger partial charge < -0.3 is 5.73 Å². The highest BCUT2D eigenvalue weighted by Gasteiger charge is 2.34. The van der Waals surface area contributed by atoms with Gasteiger partial charge in [-0.15, -0.1) is 0 Å². The summed E-state index contributed by atoms with van der Waals surface area (Å²) in [5.74, 6) is 0. The van der Waals surface area contributed by atoms with Gasteiger partial charge in [0.1, 0.15) is 0 Å². The summed E-state index contributed by atoms with van der Waals surface area (Å²) in [6.45, 7) is 0. The van der Waals surface area contributed by atoms with Gasteiger partial charge in [0, 0.05) is 9.61 Å². The van der Waals surface area contributed by atoms with Crippen LogP contribution in [0.2, 0.25) is 0 Å². The van der Waals surface area contributed by atoms with Crippen LogP contribution in [0.25, 0.3) is 0 Å². The van der Waals surface area contributed by atoms with Crippen LogP contribution in [0.4, 0.5) is 13.2 Å². The van der Waals surface area contributed by atoms with Crippen LogP contribution in [-0.4, -0.2) is 0 Å². The molecule has 0 heterocycles. The lowest BCUT2D eigenvalue weighted by atomic mass is 9.95. The minimum Gasteiger partial charge on any atom is -0.324 e. The Bertz CT molecular complexity index is 578. The number of hydrogen-bond donors (Lipinski definition) is 1. The molecule has 1 atom stereocenters. The Labute approximate surface area is 129 Å². The van der Waals surface area contributed by atoms with Gasteiger partial charge in [0.15, 0.2) is 0 Å². The van der Waals surface area contributed by atoms with Crippen LogP contribution in [0, 0.1) is 3.57 Å². The highest BCUT2D eigenvalue weighted by Crippen LogP contribution is 2.34. The average Bonchev–Trinajstić information content (AvgIpc) is 2.40. The zero-order chi connectivity index (χ0) is 14.8. The second-order valence-electron chi connectivity index (χ2n) is 4.52. The molecule has 2 aromatic rings. The summed E-state index contributed by atoms with van der Waals surface area (Å²) < 4.78 is 39.9. The first-order chi connectivity index (χ1) is 9.38. The van der Waals surface area contributed by atoms with Crippen molar-refractivity contribution >= 4 is 22.6 Å². The molecule has 0 saturated carbocycles. The molecule has 2 aromatic carbocycles. The Balaban J connectivity index is 2.25. The first-order valence-electron chi connectivity index (χ1n) is 6.04. The van der Waals surface area contributed by atoms with Crippen LogP contribution < -0.4 is 5.73 Å². The third-order valence-corrected chi connectivity index (χ3v) is 3.75. The molecule has 0 radical (unpaired) electrons. The molecule has 106 valence electrons. The largest absolute Gasteiger partial charge is 0.416 e. The summed E-state index contributed by atoms with van der Waals surface area (Å²) >= 11 is 2.18. The van der Waals surface area contributed by atoms with Crippen LogP contribution >= 0.6 is 22.6 Å². The molecule has 0 aliphatic rings. The molecule has 0 aliphatic carbocycles. The zero-order valence-corrected chi connectivity index (χ0v) is 12.6. The molecule has 0 saturated heterocycles. The number of nitrogens with two attached hydrogens (primary N) is 1. The maximum absolute atomic E-state index is 12.9. The fraction of sp³-hybridized carbons (Fsp3) is 0.200. The Morgan fingerprint density at radius 2 is 1.60 bits per heavy atom. The van der Waals surface area contributed by atoms with Gasteiger partial charge >= 0.3 is 6.18 Å². The fourth-order valence-electron chi connectivity index (χ4n) is 2.06. The molecular weight excluding hydrogens is 378 g/mol. The Morgan fingerprint density at radius 3 is 2.20 bits per heavy atom. The van der Waals surface area contributed by atoms with Crippen molar-refractivity contribution in [1.29, 1.82) is 0 Å². The summed E-state index contributed by atoms with van der Waals surface area (Å²) in [6.07, 6.45) is -4.00. The number of alkyl halides is 3. The van der Waals surface area contributed by atoms with E-state index in [0.29, 0.717) is 6.42 Å². The first kappa shape index (κ1) is 15.3. The Hall–Kier alpha value is -1.08. The number of halogens is 4. The first-order valence-corrected chi connectivity index (χ1v) is 7.12. The van der Waals surface area contributed by atoms with Crippen LogP contribution in [-0.2, 0) is 12.6 Å². The molecule has 1 nitrogen and oxygen atoms in total. The Kier molecular flexibility index (Phi) is 4.70. The van der Waals surface area contributed by atoms with Crippen LogP contribution in [0.1, 0.15) is 22.7 Å². The normalized spacial score (nSPS) is 13.2. The zero-order valence-electron chi connectivity index (χ0n) is 10.5. The second kappa shape index (κ2) is 6.13. The van der Waals surface area contributed by atoms with Crippen molar-refractivity contribution in [2.75, 3.05) is 0 Å². The Morgan fingerprint density at radius 1 is 1.00 bits per heavy atom. The van der Waals surface area contributed by atoms with E-state index in [1.165, 1.54) is 12.1 Å². The molecule has 5 heteroatoms. The van der Waals surface area contributed by atoms with Gasteiger partial charge in [-0.25, -0.2) is 0 Å². The molecule has 20 heavy (non-hydrogen) atoms. The molecule has 0 fully saturated rings. The maximum Gasteiger partial charge on any atom is 0.416 e. The predicted octanol–water partition coefficient (Wildman–Crippen LogP) is 4.55. The number of benzene rings is 2. The van der Waals surface area contributed by atoms with Gasteiger partial charge in [-0.05, 0) is 58.3 Å². The molecule has 0 spiro atoms. The highest BCUT2D eigenvalue weighted by atomic mass is 127. The van der Waals surface area contributed by atoms with Crippen molar-refractivity contribution in [2.45, 2.75) is 18.6 Å². The molecule has 2 N–H and O–H groups in total. The van der Waals surface area contributed by atoms with E-state index in [0.717, 1.165) is 15.2 Å². The van der Waals surface area contributed by atoms with Crippen molar-refractivity contribution in [1.82, 2.24) is 0 Å². The second-order valence-corrected chi connectivity index (χ2v) is 5.77. The summed E-state index contributed by atoms with van der Waals surface area (Å²) in [4.78, 5) is 0. The summed E-state index contributed by atoms with van der Waals surface area (Å²) in [5, 5.41) is 0. The van der Waals surface area contributed by atoms with Crippen molar-refractivity contribution in [3.8, 4) is 0 Å². The third kappa shape index (κ3) is 3.73. The molecule has 0 bridgehead atoms. The van der Waals surface area contributed by atoms with Crippen molar-refractivity contribution < 1.29 is 13.2 Å². The van der Waals surface area contributed by atoms with E-state index in [1.54, 1.807) is 6.07 Å². The molecule has 0 aliphatic heterocycles. The maximum atomic E-state index is 12.9. The number of rotatable bonds is 3. The third-order valence-electron chi connectivity index (χ3n) is 3.03. The van der Waals surface area contributed by atoms with E-state index in [2.05, 4.69) is 22.6 Å². The molecule has 1 unspecified atom stereocenters. The molecule has 0 amide bonds. The summed E-state index contributed by atoms with van der Waals surface area (Å²) in [6, 6.07) is 12.4. The number of hydrogen-bond acceptors (Lipinski definition) is 1. The van der Waals surface area contributed by atoms with E-state index < -0.39 is 17.8 Å². The van der Waals surface area contributed by atoms with Crippen LogP contribution in [0.3, 0.4) is 0 Å². The monoisotopic (exact) mass is 391 g/mol. The van der Waals surface area contributed by atoms with E-state index in [9.17, 15) is 13.2 Å². The van der Waals surface area contributed by atoms with Gasteiger partial charge in [0.25, 0.3) is 0 Å². The standard InChI is InChI=1S/C15H13F3IN/c16-15(17,18)13-4-2-1-3-12(13)14(20)9-10-5-7-11(19)8-6-10/h1-8,14H,9,20H2. The fourth-order valence-corrected chi connectivity index (χ4v) is 2.42. The van der Waals surface area contributed by atoms with Gasteiger partial charge in [0.05, 0.1) is 5.56 Å². The molecule has 0 aromatic heterocycles. The highest BCUT2D eigenvalue weighted by molar-refractivity contribution is 14.1. The van der Waals surface area contributed by atoms with E-state index in [-0.39, 0.29) is 5.56 Å². The SMILES string of the molecule is NC(Cc1ccc(I)cc1)c1ccccc1C(F)(F)F.